The molecule has 7 nitrogen and oxygen atoms in total. The second-order valence-electron chi connectivity index (χ2n) is 8.65. The van der Waals surface area contributed by atoms with Crippen molar-refractivity contribution in [1.82, 2.24) is 10.3 Å². The Morgan fingerprint density at radius 3 is 2.76 bits per heavy atom. The Bertz CT molecular complexity index is 1510. The van der Waals surface area contributed by atoms with Gasteiger partial charge in [-0.2, -0.15) is 13.2 Å². The highest BCUT2D eigenvalue weighted by molar-refractivity contribution is 6.31. The zero-order valence-electron chi connectivity index (χ0n) is 19.2. The minimum absolute atomic E-state index is 0.00952. The number of alkyl halides is 3. The molecule has 37 heavy (non-hydrogen) atoms. The summed E-state index contributed by atoms with van der Waals surface area (Å²) in [5, 5.41) is 5.78. The topological polar surface area (TPSA) is 99.5 Å². The average Bonchev–Trinajstić information content (AvgIpc) is 3.50. The summed E-state index contributed by atoms with van der Waals surface area (Å²) in [5.41, 5.74) is 2.22. The van der Waals surface area contributed by atoms with Crippen LogP contribution in [0.25, 0.3) is 10.9 Å². The number of carbonyl (C=O) groups excluding carboxylic acids is 2. The minimum Gasteiger partial charge on any atom is -0.463 e. The molecule has 2 aromatic heterocycles. The number of nitrogens with one attached hydrogen (secondary N) is 3. The Morgan fingerprint density at radius 1 is 1.16 bits per heavy atom. The Kier molecular flexibility index (Phi) is 6.51. The molecule has 0 bridgehead atoms. The van der Waals surface area contributed by atoms with Crippen LogP contribution in [-0.2, 0) is 19.0 Å². The summed E-state index contributed by atoms with van der Waals surface area (Å²) in [6.07, 6.45) is 0.0582. The van der Waals surface area contributed by atoms with Gasteiger partial charge in [-0.25, -0.2) is 9.79 Å². The fourth-order valence-electron chi connectivity index (χ4n) is 4.42. The zero-order valence-corrected chi connectivity index (χ0v) is 19.9. The molecule has 0 saturated carbocycles. The minimum atomic E-state index is -4.63. The van der Waals surface area contributed by atoms with Crippen molar-refractivity contribution in [1.29, 1.82) is 0 Å². The van der Waals surface area contributed by atoms with Crippen molar-refractivity contribution < 1.29 is 27.2 Å². The predicted octanol–water partition coefficient (Wildman–Crippen LogP) is 6.37. The van der Waals surface area contributed by atoms with Gasteiger partial charge in [0, 0.05) is 33.9 Å². The number of aliphatic imine (C=N–C) groups is 1. The molecule has 0 saturated heterocycles. The van der Waals surface area contributed by atoms with Crippen LogP contribution in [0, 0.1) is 0 Å². The molecule has 190 valence electrons. The summed E-state index contributed by atoms with van der Waals surface area (Å²) >= 11 is 5.64. The fourth-order valence-corrected chi connectivity index (χ4v) is 4.64. The number of aromatic nitrogens is 1. The first kappa shape index (κ1) is 24.6. The van der Waals surface area contributed by atoms with E-state index in [9.17, 15) is 22.8 Å². The number of rotatable bonds is 4. The number of urea groups is 1. The van der Waals surface area contributed by atoms with E-state index in [0.29, 0.717) is 30.6 Å². The van der Waals surface area contributed by atoms with E-state index >= 15 is 0 Å². The van der Waals surface area contributed by atoms with Crippen LogP contribution in [0.5, 0.6) is 0 Å². The van der Waals surface area contributed by atoms with Crippen molar-refractivity contribution in [3.63, 3.8) is 0 Å². The Labute approximate surface area is 213 Å². The van der Waals surface area contributed by atoms with Crippen LogP contribution >= 0.6 is 11.6 Å². The van der Waals surface area contributed by atoms with Gasteiger partial charge in [0.05, 0.1) is 23.1 Å². The Hall–Kier alpha value is -4.05. The van der Waals surface area contributed by atoms with E-state index in [2.05, 4.69) is 20.6 Å². The van der Waals surface area contributed by atoms with Crippen LogP contribution in [0.4, 0.5) is 23.7 Å². The van der Waals surface area contributed by atoms with E-state index in [1.807, 2.05) is 6.07 Å². The van der Waals surface area contributed by atoms with Gasteiger partial charge in [0.25, 0.3) is 5.91 Å². The number of furan rings is 1. The largest absolute Gasteiger partial charge is 0.463 e. The summed E-state index contributed by atoms with van der Waals surface area (Å²) in [6, 6.07) is 11.1. The molecule has 0 radical (unpaired) electrons. The average molecular weight is 529 g/mol. The summed E-state index contributed by atoms with van der Waals surface area (Å²) in [5.74, 6) is 0.0714. The molecule has 2 heterocycles. The molecular formula is C26H20ClF3N4O3. The lowest BCUT2D eigenvalue weighted by Crippen LogP contribution is -2.41. The van der Waals surface area contributed by atoms with Crippen LogP contribution < -0.4 is 10.6 Å². The van der Waals surface area contributed by atoms with Crippen molar-refractivity contribution >= 4 is 46.3 Å². The van der Waals surface area contributed by atoms with Crippen molar-refractivity contribution in [2.75, 3.05) is 5.32 Å². The molecule has 3 N–H and O–H groups in total. The van der Waals surface area contributed by atoms with Gasteiger partial charge in [0.15, 0.2) is 0 Å². The third-order valence-corrected chi connectivity index (χ3v) is 6.48. The van der Waals surface area contributed by atoms with Crippen LogP contribution in [-0.4, -0.2) is 29.2 Å². The van der Waals surface area contributed by atoms with Crippen LogP contribution in [0.15, 0.2) is 64.2 Å². The molecule has 4 aromatic rings. The third kappa shape index (κ3) is 5.39. The summed E-state index contributed by atoms with van der Waals surface area (Å²) in [7, 11) is 0. The normalized spacial score (nSPS) is 15.6. The molecule has 2 aromatic carbocycles. The molecule has 1 aliphatic carbocycles. The van der Waals surface area contributed by atoms with Crippen LogP contribution in [0.3, 0.4) is 0 Å². The van der Waals surface area contributed by atoms with E-state index in [-0.39, 0.29) is 11.7 Å². The molecule has 1 atom stereocenters. The highest BCUT2D eigenvalue weighted by atomic mass is 35.5. The SMILES string of the molecule is O=C(Nc1ccc(Cl)c(C(F)(F)F)c1)NC1CCc2[nH]c3cc(C(=O)N=Cc4ccco4)ccc3c2C1. The van der Waals surface area contributed by atoms with Gasteiger partial charge >= 0.3 is 12.2 Å². The fraction of sp³-hybridized carbons (Fsp3) is 0.192. The summed E-state index contributed by atoms with van der Waals surface area (Å²) in [4.78, 5) is 32.3. The number of H-pyrrole nitrogens is 1. The Balaban J connectivity index is 1.26. The number of benzene rings is 2. The van der Waals surface area contributed by atoms with Gasteiger partial charge in [-0.1, -0.05) is 17.7 Å². The smallest absolute Gasteiger partial charge is 0.417 e. The van der Waals surface area contributed by atoms with E-state index in [1.165, 1.54) is 18.5 Å². The molecule has 11 heteroatoms. The standard InChI is InChI=1S/C26H20ClF3N4O3/c27-21-7-4-16(12-20(21)26(28,29)30)33-25(36)32-15-5-8-22-19(11-15)18-6-3-14(10-23(18)34-22)24(35)31-13-17-2-1-9-37-17/h1-4,6-7,9-10,12-13,15,34H,5,8,11H2,(H2,32,33,36). The first-order valence-corrected chi connectivity index (χ1v) is 11.7. The lowest BCUT2D eigenvalue weighted by molar-refractivity contribution is -0.137. The van der Waals surface area contributed by atoms with Crippen molar-refractivity contribution in [3.05, 3.63) is 88.0 Å². The number of carbonyl (C=O) groups is 2. The lowest BCUT2D eigenvalue weighted by atomic mass is 9.91. The lowest BCUT2D eigenvalue weighted by Gasteiger charge is -2.24. The van der Waals surface area contributed by atoms with Gasteiger partial charge in [-0.05, 0) is 67.3 Å². The second kappa shape index (κ2) is 9.78. The molecular weight excluding hydrogens is 509 g/mol. The molecule has 3 amide bonds. The quantitative estimate of drug-likeness (QED) is 0.268. The molecule has 0 fully saturated rings. The number of nitrogens with zero attached hydrogens (tertiary/aromatic N) is 1. The number of aryl methyl sites for hydroxylation is 1. The highest BCUT2D eigenvalue weighted by Crippen LogP contribution is 2.36. The van der Waals surface area contributed by atoms with Gasteiger partial charge in [-0.15, -0.1) is 0 Å². The van der Waals surface area contributed by atoms with Crippen LogP contribution in [0.1, 0.15) is 39.4 Å². The third-order valence-electron chi connectivity index (χ3n) is 6.15. The van der Waals surface area contributed by atoms with Crippen molar-refractivity contribution in [2.45, 2.75) is 31.5 Å². The van der Waals surface area contributed by atoms with E-state index in [4.69, 9.17) is 16.0 Å². The number of amides is 3. The number of halogens is 4. The summed E-state index contributed by atoms with van der Waals surface area (Å²) in [6.45, 7) is 0. The Morgan fingerprint density at radius 2 is 2.00 bits per heavy atom. The maximum absolute atomic E-state index is 13.1. The number of hydrogen-bond acceptors (Lipinski definition) is 3. The molecule has 1 aliphatic rings. The maximum atomic E-state index is 13.1. The zero-order chi connectivity index (χ0) is 26.2. The first-order valence-electron chi connectivity index (χ1n) is 11.4. The molecule has 5 rings (SSSR count). The van der Waals surface area contributed by atoms with E-state index in [0.717, 1.165) is 34.3 Å². The molecule has 0 aliphatic heterocycles. The predicted molar refractivity (Wildman–Crippen MR) is 133 cm³/mol. The van der Waals surface area contributed by atoms with Gasteiger partial charge in [0.2, 0.25) is 0 Å². The first-order chi connectivity index (χ1) is 17.7. The van der Waals surface area contributed by atoms with Crippen molar-refractivity contribution in [2.24, 2.45) is 4.99 Å². The van der Waals surface area contributed by atoms with Gasteiger partial charge in [0.1, 0.15) is 5.76 Å². The number of hydrogen-bond donors (Lipinski definition) is 3. The van der Waals surface area contributed by atoms with Gasteiger partial charge in [-0.3, -0.25) is 4.79 Å². The number of fused-ring (bicyclic) bond motifs is 3. The molecule has 1 unspecified atom stereocenters. The second-order valence-corrected chi connectivity index (χ2v) is 9.06. The maximum Gasteiger partial charge on any atom is 0.417 e. The van der Waals surface area contributed by atoms with Gasteiger partial charge < -0.3 is 20.0 Å². The number of aromatic amines is 1. The van der Waals surface area contributed by atoms with Crippen LogP contribution in [0.2, 0.25) is 5.02 Å². The molecule has 0 spiro atoms. The highest BCUT2D eigenvalue weighted by Gasteiger charge is 2.33. The monoisotopic (exact) mass is 528 g/mol. The van der Waals surface area contributed by atoms with E-state index < -0.39 is 28.7 Å². The summed E-state index contributed by atoms with van der Waals surface area (Å²) < 4.78 is 44.4. The number of anilines is 1. The van der Waals surface area contributed by atoms with Crippen molar-refractivity contribution in [3.8, 4) is 0 Å². The van der Waals surface area contributed by atoms with E-state index in [1.54, 1.807) is 24.3 Å².